The third-order valence-corrected chi connectivity index (χ3v) is 5.05. The number of aromatic hydroxyl groups is 1. The van der Waals surface area contributed by atoms with E-state index in [-0.39, 0.29) is 33.1 Å². The molecule has 0 saturated carbocycles. The molecule has 0 spiro atoms. The molecule has 3 aromatic carbocycles. The van der Waals surface area contributed by atoms with Crippen molar-refractivity contribution in [2.45, 2.75) is 0 Å². The Balaban J connectivity index is 2.21. The van der Waals surface area contributed by atoms with Crippen molar-refractivity contribution in [3.63, 3.8) is 0 Å². The largest absolute Gasteiger partial charge is 0.507 e. The van der Waals surface area contributed by atoms with Gasteiger partial charge in [0.2, 0.25) is 0 Å². The topological polar surface area (TPSA) is 99.1 Å². The average molecular weight is 390 g/mol. The number of ether oxygens (including phenoxy) is 2. The Morgan fingerprint density at radius 1 is 0.759 bits per heavy atom. The van der Waals surface area contributed by atoms with Crippen LogP contribution in [0.1, 0.15) is 0 Å². The highest BCUT2D eigenvalue weighted by atomic mass is 16.5. The van der Waals surface area contributed by atoms with Gasteiger partial charge in [-0.25, -0.2) is 9.59 Å². The third-order valence-electron chi connectivity index (χ3n) is 5.05. The minimum absolute atomic E-state index is 0.0781. The van der Waals surface area contributed by atoms with Crippen LogP contribution in [0.3, 0.4) is 0 Å². The van der Waals surface area contributed by atoms with Gasteiger partial charge in [-0.15, -0.1) is 0 Å². The first-order valence-electron chi connectivity index (χ1n) is 8.74. The Hall–Kier alpha value is -4.00. The van der Waals surface area contributed by atoms with Crippen molar-refractivity contribution < 1.29 is 23.4 Å². The van der Waals surface area contributed by atoms with Crippen LogP contribution in [0.15, 0.2) is 60.9 Å². The van der Waals surface area contributed by atoms with Gasteiger partial charge < -0.3 is 23.4 Å². The second-order valence-corrected chi connectivity index (χ2v) is 6.52. The lowest BCUT2D eigenvalue weighted by atomic mass is 10.00. The maximum absolute atomic E-state index is 12.7. The van der Waals surface area contributed by atoms with Crippen LogP contribution in [0.4, 0.5) is 0 Å². The van der Waals surface area contributed by atoms with Crippen molar-refractivity contribution in [3.8, 4) is 17.2 Å². The van der Waals surface area contributed by atoms with Gasteiger partial charge in [0.05, 0.1) is 35.8 Å². The van der Waals surface area contributed by atoms with E-state index in [1.54, 1.807) is 36.4 Å². The Kier molecular flexibility index (Phi) is 3.54. The van der Waals surface area contributed by atoms with Gasteiger partial charge in [0.25, 0.3) is 0 Å². The fourth-order valence-electron chi connectivity index (χ4n) is 3.84. The number of phenols is 1. The number of hydrogen-bond acceptors (Lipinski definition) is 7. The van der Waals surface area contributed by atoms with Gasteiger partial charge in [-0.05, 0) is 24.3 Å². The molecule has 0 saturated heterocycles. The lowest BCUT2D eigenvalue weighted by molar-refractivity contribution is 0.419. The van der Waals surface area contributed by atoms with Gasteiger partial charge in [-0.3, -0.25) is 0 Å². The minimum atomic E-state index is -0.604. The highest BCUT2D eigenvalue weighted by Crippen LogP contribution is 2.43. The molecule has 2 aromatic heterocycles. The van der Waals surface area contributed by atoms with Crippen LogP contribution in [-0.4, -0.2) is 19.3 Å². The number of fused-ring (bicyclic) bond motifs is 7. The first-order valence-corrected chi connectivity index (χ1v) is 8.74. The zero-order chi connectivity index (χ0) is 20.3. The Bertz CT molecular complexity index is 1570. The van der Waals surface area contributed by atoms with Crippen molar-refractivity contribution in [2.24, 2.45) is 0 Å². The summed E-state index contributed by atoms with van der Waals surface area (Å²) in [5, 5.41) is 12.8. The molecule has 0 amide bonds. The molecule has 0 atom stereocenters. The van der Waals surface area contributed by atoms with Crippen LogP contribution in [0.2, 0.25) is 0 Å². The second kappa shape index (κ2) is 6.00. The van der Waals surface area contributed by atoms with Crippen LogP contribution in [0, 0.1) is 0 Å². The van der Waals surface area contributed by atoms with Crippen molar-refractivity contribution >= 4 is 43.5 Å². The van der Waals surface area contributed by atoms with E-state index in [1.165, 1.54) is 20.3 Å². The van der Waals surface area contributed by atoms with Crippen LogP contribution in [0.5, 0.6) is 17.2 Å². The highest BCUT2D eigenvalue weighted by Gasteiger charge is 2.22. The molecular weight excluding hydrogens is 376 g/mol. The first kappa shape index (κ1) is 17.1. The summed E-state index contributed by atoms with van der Waals surface area (Å²) in [5.74, 6) is 0.613. The van der Waals surface area contributed by atoms with Gasteiger partial charge in [-0.1, -0.05) is 12.1 Å². The highest BCUT2D eigenvalue weighted by molar-refractivity contribution is 6.24. The molecule has 7 heteroatoms. The standard InChI is InChI=1S/C22H14O7/c1-26-13-7-3-5-10-16(13)18-12(23)9-15-19(20(18)29-22(10)25)17-11(21(24)28-15)6-4-8-14(17)27-2/h3-9,23H,1-2H3. The van der Waals surface area contributed by atoms with Crippen molar-refractivity contribution in [1.29, 1.82) is 0 Å². The SMILES string of the molecule is COc1cccc2c(=O)oc3c(c(O)cc4oc(=O)c5cccc(OC)c5c43)c12. The maximum atomic E-state index is 12.7. The Labute approximate surface area is 162 Å². The molecule has 29 heavy (non-hydrogen) atoms. The summed E-state index contributed by atoms with van der Waals surface area (Å²) in [6.45, 7) is 0. The zero-order valence-electron chi connectivity index (χ0n) is 15.4. The van der Waals surface area contributed by atoms with E-state index in [9.17, 15) is 14.7 Å². The quantitative estimate of drug-likeness (QED) is 0.360. The average Bonchev–Trinajstić information content (AvgIpc) is 2.72. The molecule has 0 aliphatic heterocycles. The lowest BCUT2D eigenvalue weighted by Crippen LogP contribution is -2.04. The molecular formula is C22H14O7. The fourth-order valence-corrected chi connectivity index (χ4v) is 3.84. The van der Waals surface area contributed by atoms with Crippen molar-refractivity contribution in [1.82, 2.24) is 0 Å². The molecule has 144 valence electrons. The normalized spacial score (nSPS) is 11.5. The van der Waals surface area contributed by atoms with Crippen LogP contribution in [0.25, 0.3) is 43.5 Å². The molecule has 0 fully saturated rings. The van der Waals surface area contributed by atoms with Crippen molar-refractivity contribution in [3.05, 3.63) is 63.3 Å². The summed E-state index contributed by atoms with van der Waals surface area (Å²) in [5.41, 5.74) is -1.03. The predicted molar refractivity (Wildman–Crippen MR) is 108 cm³/mol. The summed E-state index contributed by atoms with van der Waals surface area (Å²) in [6, 6.07) is 11.2. The van der Waals surface area contributed by atoms with Gasteiger partial charge in [0.15, 0.2) is 5.58 Å². The molecule has 0 unspecified atom stereocenters. The summed E-state index contributed by atoms with van der Waals surface area (Å²) in [4.78, 5) is 25.2. The van der Waals surface area contributed by atoms with Crippen LogP contribution >= 0.6 is 0 Å². The minimum Gasteiger partial charge on any atom is -0.507 e. The number of methoxy groups -OCH3 is 2. The van der Waals surface area contributed by atoms with Gasteiger partial charge in [0, 0.05) is 16.8 Å². The van der Waals surface area contributed by atoms with E-state index in [0.29, 0.717) is 27.7 Å². The first-order chi connectivity index (χ1) is 14.0. The smallest absolute Gasteiger partial charge is 0.344 e. The fraction of sp³-hybridized carbons (Fsp3) is 0.0909. The number of phenolic OH excluding ortho intramolecular Hbond substituents is 1. The van der Waals surface area contributed by atoms with E-state index in [0.717, 1.165) is 0 Å². The molecule has 0 aliphatic carbocycles. The molecule has 1 N–H and O–H groups in total. The summed E-state index contributed by atoms with van der Waals surface area (Å²) >= 11 is 0. The number of rotatable bonds is 2. The number of hydrogen-bond donors (Lipinski definition) is 1. The molecule has 0 aliphatic rings. The second-order valence-electron chi connectivity index (χ2n) is 6.52. The maximum Gasteiger partial charge on any atom is 0.344 e. The summed E-state index contributed by atoms with van der Waals surface area (Å²) < 4.78 is 21.9. The number of benzene rings is 3. The Morgan fingerprint density at radius 2 is 1.31 bits per heavy atom. The van der Waals surface area contributed by atoms with E-state index >= 15 is 0 Å². The van der Waals surface area contributed by atoms with Crippen molar-refractivity contribution in [2.75, 3.05) is 14.2 Å². The van der Waals surface area contributed by atoms with Crippen LogP contribution in [-0.2, 0) is 0 Å². The monoisotopic (exact) mass is 390 g/mol. The van der Waals surface area contributed by atoms with Crippen LogP contribution < -0.4 is 20.7 Å². The zero-order valence-corrected chi connectivity index (χ0v) is 15.4. The lowest BCUT2D eigenvalue weighted by Gasteiger charge is -2.12. The third kappa shape index (κ3) is 2.24. The summed E-state index contributed by atoms with van der Waals surface area (Å²) in [7, 11) is 2.96. The van der Waals surface area contributed by atoms with E-state index in [4.69, 9.17) is 18.3 Å². The molecule has 2 heterocycles. The molecule has 0 bridgehead atoms. The van der Waals surface area contributed by atoms with E-state index < -0.39 is 11.3 Å². The Morgan fingerprint density at radius 3 is 1.90 bits per heavy atom. The van der Waals surface area contributed by atoms with E-state index in [2.05, 4.69) is 0 Å². The summed E-state index contributed by atoms with van der Waals surface area (Å²) in [6.07, 6.45) is 0. The van der Waals surface area contributed by atoms with Gasteiger partial charge in [0.1, 0.15) is 22.8 Å². The van der Waals surface area contributed by atoms with E-state index in [1.807, 2.05) is 0 Å². The van der Waals surface area contributed by atoms with Gasteiger partial charge >= 0.3 is 11.3 Å². The molecule has 5 rings (SSSR count). The molecule has 5 aromatic rings. The van der Waals surface area contributed by atoms with Gasteiger partial charge in [-0.2, -0.15) is 0 Å². The molecule has 0 radical (unpaired) electrons. The molecule has 7 nitrogen and oxygen atoms in total. The predicted octanol–water partition coefficient (Wildman–Crippen LogP) is 3.93.